The van der Waals surface area contributed by atoms with Crippen molar-refractivity contribution in [3.8, 4) is 0 Å². The number of halogens is 3. The predicted molar refractivity (Wildman–Crippen MR) is 124 cm³/mol. The quantitative estimate of drug-likeness (QED) is 0.658. The lowest BCUT2D eigenvalue weighted by molar-refractivity contribution is -0.137. The summed E-state index contributed by atoms with van der Waals surface area (Å²) in [5.74, 6) is 3.45. The van der Waals surface area contributed by atoms with E-state index in [0.717, 1.165) is 75.8 Å². The topological polar surface area (TPSA) is 78.0 Å². The third-order valence-electron chi connectivity index (χ3n) is 9.48. The van der Waals surface area contributed by atoms with Crippen molar-refractivity contribution in [1.29, 1.82) is 0 Å². The van der Waals surface area contributed by atoms with Crippen molar-refractivity contribution < 1.29 is 18.0 Å². The van der Waals surface area contributed by atoms with E-state index in [-0.39, 0.29) is 16.9 Å². The molecule has 5 fully saturated rings. The molecule has 0 unspecified atom stereocenters. The van der Waals surface area contributed by atoms with Crippen LogP contribution in [0.15, 0.2) is 18.3 Å². The first-order valence-electron chi connectivity index (χ1n) is 13.2. The van der Waals surface area contributed by atoms with Crippen molar-refractivity contribution >= 4 is 6.03 Å². The van der Waals surface area contributed by atoms with Crippen molar-refractivity contribution in [2.75, 3.05) is 26.2 Å². The molecule has 2 aromatic heterocycles. The lowest BCUT2D eigenvalue weighted by atomic mass is 9.56. The molecule has 0 aromatic carbocycles. The Morgan fingerprint density at radius 2 is 1.67 bits per heavy atom. The number of aromatic amines is 1. The molecular formula is C26H31F3N6O. The number of likely N-dealkylation sites (tertiary alicyclic amines) is 2. The summed E-state index contributed by atoms with van der Waals surface area (Å²) < 4.78 is 38.1. The van der Waals surface area contributed by atoms with Crippen LogP contribution >= 0.6 is 0 Å². The number of H-pyrrole nitrogens is 1. The van der Waals surface area contributed by atoms with Crippen LogP contribution in [0.5, 0.6) is 0 Å². The van der Waals surface area contributed by atoms with Crippen LogP contribution in [0.3, 0.4) is 0 Å². The standard InChI is InChI=1S/C26H31F3N6O/c27-26(28,29)19-4-5-20(30-11-19)6-16-7-24(8-16)12-34(13-24)23(36)35-14-25(15-35)9-18(10-25)22-31-21(32-33-22)17-2-1-3-17/h4-5,11,16-18H,1-3,6-10,12-15H2,(H,31,32,33). The van der Waals surface area contributed by atoms with E-state index in [4.69, 9.17) is 4.98 Å². The minimum atomic E-state index is -4.35. The number of rotatable bonds is 4. The van der Waals surface area contributed by atoms with Crippen LogP contribution in [0.25, 0.3) is 0 Å². The third kappa shape index (κ3) is 3.70. The molecule has 3 aliphatic carbocycles. The molecule has 5 aliphatic rings. The van der Waals surface area contributed by atoms with Crippen molar-refractivity contribution in [2.24, 2.45) is 16.7 Å². The number of carbonyl (C=O) groups is 1. The molecule has 1 N–H and O–H groups in total. The molecule has 2 aliphatic heterocycles. The highest BCUT2D eigenvalue weighted by Crippen LogP contribution is 2.57. The summed E-state index contributed by atoms with van der Waals surface area (Å²) in [4.78, 5) is 25.7. The summed E-state index contributed by atoms with van der Waals surface area (Å²) >= 11 is 0. The molecule has 2 spiro atoms. The first-order valence-corrected chi connectivity index (χ1v) is 13.2. The minimum Gasteiger partial charge on any atom is -0.323 e. The highest BCUT2D eigenvalue weighted by molar-refractivity contribution is 5.77. The van der Waals surface area contributed by atoms with Crippen LogP contribution in [0.4, 0.5) is 18.0 Å². The fraction of sp³-hybridized carbons (Fsp3) is 0.692. The van der Waals surface area contributed by atoms with Crippen molar-refractivity contribution in [2.45, 2.75) is 69.4 Å². The van der Waals surface area contributed by atoms with Gasteiger partial charge in [-0.25, -0.2) is 9.78 Å². The average Bonchev–Trinajstić information content (AvgIpc) is 3.13. The zero-order chi connectivity index (χ0) is 24.7. The number of nitrogens with zero attached hydrogens (tertiary/aromatic N) is 5. The second kappa shape index (κ2) is 7.68. The minimum absolute atomic E-state index is 0.160. The SMILES string of the molecule is O=C(N1CC2(CC(Cc3ccc(C(F)(F)F)cn3)C2)C1)N1CC2(CC(c3n[nH]c(C4CCC4)n3)C2)C1. The summed E-state index contributed by atoms with van der Waals surface area (Å²) in [7, 11) is 0. The molecule has 4 heterocycles. The Labute approximate surface area is 207 Å². The van der Waals surface area contributed by atoms with Crippen LogP contribution in [-0.2, 0) is 12.6 Å². The molecule has 7 nitrogen and oxygen atoms in total. The van der Waals surface area contributed by atoms with Gasteiger partial charge in [0.25, 0.3) is 0 Å². The zero-order valence-electron chi connectivity index (χ0n) is 20.2. The van der Waals surface area contributed by atoms with Gasteiger partial charge in [-0.05, 0) is 63.0 Å². The maximum Gasteiger partial charge on any atom is 0.417 e. The Morgan fingerprint density at radius 3 is 2.22 bits per heavy atom. The number of hydrogen-bond donors (Lipinski definition) is 1. The van der Waals surface area contributed by atoms with E-state index in [9.17, 15) is 18.0 Å². The van der Waals surface area contributed by atoms with Gasteiger partial charge in [-0.3, -0.25) is 10.1 Å². The van der Waals surface area contributed by atoms with Crippen LogP contribution in [0.1, 0.15) is 79.7 Å². The highest BCUT2D eigenvalue weighted by Gasteiger charge is 2.58. The van der Waals surface area contributed by atoms with E-state index >= 15 is 0 Å². The van der Waals surface area contributed by atoms with Gasteiger partial charge in [-0.2, -0.15) is 18.3 Å². The summed E-state index contributed by atoms with van der Waals surface area (Å²) in [6, 6.07) is 2.76. The summed E-state index contributed by atoms with van der Waals surface area (Å²) in [5.41, 5.74) is 0.478. The number of pyridine rings is 1. The highest BCUT2D eigenvalue weighted by atomic mass is 19.4. The largest absolute Gasteiger partial charge is 0.417 e. The van der Waals surface area contributed by atoms with E-state index in [1.54, 1.807) is 0 Å². The molecule has 7 rings (SSSR count). The molecule has 192 valence electrons. The molecule has 36 heavy (non-hydrogen) atoms. The Balaban J connectivity index is 0.835. The Kier molecular flexibility index (Phi) is 4.81. The third-order valence-corrected chi connectivity index (χ3v) is 9.48. The van der Waals surface area contributed by atoms with Crippen LogP contribution in [0.2, 0.25) is 0 Å². The van der Waals surface area contributed by atoms with Gasteiger partial charge in [0.15, 0.2) is 5.82 Å². The number of alkyl halides is 3. The Hall–Kier alpha value is -2.65. The lowest BCUT2D eigenvalue weighted by Gasteiger charge is -2.63. The van der Waals surface area contributed by atoms with Gasteiger partial charge >= 0.3 is 12.2 Å². The van der Waals surface area contributed by atoms with Gasteiger partial charge < -0.3 is 9.80 Å². The molecule has 0 atom stereocenters. The average molecular weight is 501 g/mol. The fourth-order valence-corrected chi connectivity index (χ4v) is 7.33. The molecule has 2 amide bonds. The molecular weight excluding hydrogens is 469 g/mol. The molecule has 3 saturated carbocycles. The van der Waals surface area contributed by atoms with Crippen molar-refractivity contribution in [3.63, 3.8) is 0 Å². The normalized spacial score (nSPS) is 25.2. The predicted octanol–water partition coefficient (Wildman–Crippen LogP) is 4.74. The maximum absolute atomic E-state index is 12.9. The maximum atomic E-state index is 12.9. The number of carbonyl (C=O) groups excluding carboxylic acids is 1. The first-order chi connectivity index (χ1) is 17.2. The van der Waals surface area contributed by atoms with Crippen molar-refractivity contribution in [3.05, 3.63) is 41.2 Å². The molecule has 0 bridgehead atoms. The lowest BCUT2D eigenvalue weighted by Crippen LogP contribution is -2.71. The smallest absolute Gasteiger partial charge is 0.323 e. The fourth-order valence-electron chi connectivity index (χ4n) is 7.33. The number of amides is 2. The molecule has 10 heteroatoms. The Morgan fingerprint density at radius 1 is 1.00 bits per heavy atom. The van der Waals surface area contributed by atoms with Crippen LogP contribution in [-0.4, -0.2) is 62.2 Å². The summed E-state index contributed by atoms with van der Waals surface area (Å²) in [6.07, 6.45) is 5.19. The van der Waals surface area contributed by atoms with Crippen LogP contribution < -0.4 is 0 Å². The summed E-state index contributed by atoms with van der Waals surface area (Å²) in [5, 5.41) is 7.62. The number of nitrogens with one attached hydrogen (secondary N) is 1. The number of aromatic nitrogens is 4. The number of urea groups is 1. The monoisotopic (exact) mass is 500 g/mol. The van der Waals surface area contributed by atoms with Gasteiger partial charge in [0.1, 0.15) is 5.82 Å². The van der Waals surface area contributed by atoms with Crippen molar-refractivity contribution in [1.82, 2.24) is 30.0 Å². The van der Waals surface area contributed by atoms with E-state index in [2.05, 4.69) is 15.2 Å². The van der Waals surface area contributed by atoms with Gasteiger partial charge in [0.2, 0.25) is 0 Å². The molecule has 2 saturated heterocycles. The first kappa shape index (κ1) is 22.5. The summed E-state index contributed by atoms with van der Waals surface area (Å²) in [6.45, 7) is 3.29. The zero-order valence-corrected chi connectivity index (χ0v) is 20.2. The van der Waals surface area contributed by atoms with Gasteiger partial charge in [-0.1, -0.05) is 6.42 Å². The van der Waals surface area contributed by atoms with E-state index in [1.165, 1.54) is 25.3 Å². The second-order valence-electron chi connectivity index (χ2n) is 12.3. The van der Waals surface area contributed by atoms with E-state index in [1.807, 2.05) is 9.80 Å². The van der Waals surface area contributed by atoms with Gasteiger partial charge in [0.05, 0.1) is 5.56 Å². The molecule has 2 aromatic rings. The number of hydrogen-bond acceptors (Lipinski definition) is 4. The Bertz CT molecular complexity index is 1150. The van der Waals surface area contributed by atoms with Crippen LogP contribution in [0, 0.1) is 16.7 Å². The second-order valence-corrected chi connectivity index (χ2v) is 12.3. The molecule has 0 radical (unpaired) electrons. The van der Waals surface area contributed by atoms with E-state index in [0.29, 0.717) is 29.9 Å². The van der Waals surface area contributed by atoms with Gasteiger partial charge in [-0.15, -0.1) is 0 Å². The van der Waals surface area contributed by atoms with E-state index < -0.39 is 11.7 Å². The van der Waals surface area contributed by atoms with Gasteiger partial charge in [0, 0.05) is 60.7 Å².